The van der Waals surface area contributed by atoms with E-state index in [2.05, 4.69) is 40.0 Å². The Labute approximate surface area is 466 Å². The molecule has 0 radical (unpaired) electrons. The van der Waals surface area contributed by atoms with Crippen molar-refractivity contribution in [1.82, 2.24) is 39.7 Å². The molecule has 2 amide bonds. The summed E-state index contributed by atoms with van der Waals surface area (Å²) in [6.07, 6.45) is 5.66. The van der Waals surface area contributed by atoms with Gasteiger partial charge >= 0.3 is 0 Å². The molecule has 2 atom stereocenters. The van der Waals surface area contributed by atoms with Crippen LogP contribution in [0.25, 0.3) is 44.1 Å². The summed E-state index contributed by atoms with van der Waals surface area (Å²) in [6, 6.07) is 18.7. The van der Waals surface area contributed by atoms with Crippen LogP contribution in [0.5, 0.6) is 11.8 Å². The Hall–Kier alpha value is -8.14. The van der Waals surface area contributed by atoms with Crippen LogP contribution in [0.4, 0.5) is 20.2 Å². The zero-order chi connectivity index (χ0) is 58.1. The van der Waals surface area contributed by atoms with Crippen molar-refractivity contribution in [1.29, 1.82) is 0 Å². The second-order valence-electron chi connectivity index (χ2n) is 17.3. The maximum absolute atomic E-state index is 13.5. The first-order valence-electron chi connectivity index (χ1n) is 23.6. The molecule has 4 heterocycles. The number of rotatable bonds is 20. The Balaban J connectivity index is 0.000000231. The van der Waals surface area contributed by atoms with Crippen LogP contribution in [0.3, 0.4) is 0 Å². The van der Waals surface area contributed by atoms with Crippen molar-refractivity contribution in [2.75, 3.05) is 65.2 Å². The number of ether oxygens (including phenoxy) is 4. The number of benzene rings is 4. The normalized spacial score (nSPS) is 12.2. The topological polar surface area (TPSA) is 283 Å². The number of fused-ring (bicyclic) bond motifs is 2. The molecule has 8 rings (SSSR count). The van der Waals surface area contributed by atoms with Gasteiger partial charge in [0.1, 0.15) is 32.8 Å². The molecular formula is C52H50Cl2F2N10O12S2. The highest BCUT2D eigenvalue weighted by Crippen LogP contribution is 2.34. The predicted octanol–water partition coefficient (Wildman–Crippen LogP) is 6.14. The molecule has 0 spiro atoms. The Morgan fingerprint density at radius 1 is 0.562 bits per heavy atom. The van der Waals surface area contributed by atoms with E-state index in [1.165, 1.54) is 88.8 Å². The molecule has 0 aliphatic rings. The molecule has 0 fully saturated rings. The van der Waals surface area contributed by atoms with Gasteiger partial charge in [-0.25, -0.2) is 45.6 Å². The van der Waals surface area contributed by atoms with Crippen LogP contribution in [-0.4, -0.2) is 113 Å². The third-order valence-electron chi connectivity index (χ3n) is 12.1. The molecule has 22 nitrogen and oxygen atoms in total. The number of pyridine rings is 2. The Kier molecular flexibility index (Phi) is 19.2. The van der Waals surface area contributed by atoms with Gasteiger partial charge in [0.25, 0.3) is 31.2 Å². The molecule has 0 aliphatic heterocycles. The zero-order valence-corrected chi connectivity index (χ0v) is 46.4. The van der Waals surface area contributed by atoms with Crippen LogP contribution >= 0.6 is 23.2 Å². The highest BCUT2D eigenvalue weighted by molar-refractivity contribution is 7.93. The Morgan fingerprint density at radius 2 is 0.950 bits per heavy atom. The molecule has 4 aromatic carbocycles. The number of hydrogen-bond acceptors (Lipinski definition) is 16. The fourth-order valence-electron chi connectivity index (χ4n) is 8.12. The van der Waals surface area contributed by atoms with Crippen molar-refractivity contribution in [2.24, 2.45) is 11.8 Å². The zero-order valence-electron chi connectivity index (χ0n) is 43.3. The molecule has 28 heteroatoms. The molecule has 4 aromatic heterocycles. The van der Waals surface area contributed by atoms with Crippen molar-refractivity contribution in [3.05, 3.63) is 152 Å². The van der Waals surface area contributed by atoms with E-state index < -0.39 is 43.5 Å². The maximum atomic E-state index is 13.5. The summed E-state index contributed by atoms with van der Waals surface area (Å²) in [6.45, 7) is 0.343. The lowest BCUT2D eigenvalue weighted by molar-refractivity contribution is -0.127. The van der Waals surface area contributed by atoms with Crippen LogP contribution in [0, 0.1) is 23.5 Å². The lowest BCUT2D eigenvalue weighted by atomic mass is 10.0. The minimum atomic E-state index is -4.24. The summed E-state index contributed by atoms with van der Waals surface area (Å²) in [7, 11) is 0.111. The van der Waals surface area contributed by atoms with Gasteiger partial charge in [-0.2, -0.15) is 0 Å². The van der Waals surface area contributed by atoms with Gasteiger partial charge < -0.3 is 29.6 Å². The number of methoxy groups -OCH3 is 4. The lowest BCUT2D eigenvalue weighted by Gasteiger charge is -2.16. The molecule has 420 valence electrons. The maximum Gasteiger partial charge on any atom is 0.263 e. The van der Waals surface area contributed by atoms with E-state index in [4.69, 9.17) is 42.1 Å². The third kappa shape index (κ3) is 13.6. The lowest BCUT2D eigenvalue weighted by Crippen LogP contribution is -2.36. The van der Waals surface area contributed by atoms with Crippen LogP contribution in [0.2, 0.25) is 10.0 Å². The van der Waals surface area contributed by atoms with Crippen LogP contribution in [0.1, 0.15) is 0 Å². The van der Waals surface area contributed by atoms with E-state index in [9.17, 15) is 44.8 Å². The monoisotopic (exact) mass is 1180 g/mol. The summed E-state index contributed by atoms with van der Waals surface area (Å²) < 4.78 is 107. The van der Waals surface area contributed by atoms with Crippen molar-refractivity contribution in [2.45, 2.75) is 22.9 Å². The van der Waals surface area contributed by atoms with Crippen molar-refractivity contribution < 1.29 is 54.2 Å². The molecule has 80 heavy (non-hydrogen) atoms. The van der Waals surface area contributed by atoms with Crippen LogP contribution < -0.4 is 40.7 Å². The van der Waals surface area contributed by atoms with E-state index >= 15 is 0 Å². The van der Waals surface area contributed by atoms with Gasteiger partial charge in [0, 0.05) is 64.9 Å². The summed E-state index contributed by atoms with van der Waals surface area (Å²) in [5, 5.41) is 5.09. The molecule has 0 saturated heterocycles. The second-order valence-corrected chi connectivity index (χ2v) is 21.4. The highest BCUT2D eigenvalue weighted by Gasteiger charge is 2.25. The number of amides is 2. The van der Waals surface area contributed by atoms with E-state index in [0.29, 0.717) is 33.3 Å². The minimum absolute atomic E-state index is 0.00271. The molecule has 0 unspecified atom stereocenters. The van der Waals surface area contributed by atoms with E-state index in [-0.39, 0.29) is 103 Å². The van der Waals surface area contributed by atoms with Gasteiger partial charge in [0.05, 0.1) is 83.8 Å². The van der Waals surface area contributed by atoms with Crippen LogP contribution in [-0.2, 0) is 52.2 Å². The molecule has 0 saturated carbocycles. The van der Waals surface area contributed by atoms with Gasteiger partial charge in [0.15, 0.2) is 0 Å². The average molecular weight is 1180 g/mol. The molecule has 0 aliphatic carbocycles. The number of anilines is 2. The van der Waals surface area contributed by atoms with Crippen LogP contribution in [0.15, 0.2) is 129 Å². The van der Waals surface area contributed by atoms with E-state index in [1.54, 1.807) is 36.4 Å². The largest absolute Gasteiger partial charge is 0.480 e. The number of nitrogens with zero attached hydrogens (tertiary/aromatic N) is 6. The molecule has 0 bridgehead atoms. The molecule has 8 aromatic rings. The number of carbonyl (C=O) groups is 2. The van der Waals surface area contributed by atoms with Crippen molar-refractivity contribution >= 4 is 88.2 Å². The van der Waals surface area contributed by atoms with Gasteiger partial charge in [-0.15, -0.1) is 0 Å². The first-order valence-corrected chi connectivity index (χ1v) is 27.3. The average Bonchev–Trinajstić information content (AvgIpc) is 3.51. The minimum Gasteiger partial charge on any atom is -0.480 e. The van der Waals surface area contributed by atoms with E-state index in [1.807, 2.05) is 0 Å². The van der Waals surface area contributed by atoms with Gasteiger partial charge in [-0.05, 0) is 83.9 Å². The fourth-order valence-corrected chi connectivity index (χ4v) is 11.3. The quantitative estimate of drug-likeness (QED) is 0.0667. The fraction of sp³-hybridized carbons (Fsp3) is 0.231. The Morgan fingerprint density at radius 3 is 1.29 bits per heavy atom. The highest BCUT2D eigenvalue weighted by atomic mass is 35.5. The first-order chi connectivity index (χ1) is 38.1. The second kappa shape index (κ2) is 25.8. The van der Waals surface area contributed by atoms with Crippen molar-refractivity contribution in [3.8, 4) is 34.0 Å². The Bertz CT molecular complexity index is 3750. The summed E-state index contributed by atoms with van der Waals surface area (Å²) >= 11 is 11.9. The number of halogens is 4. The third-order valence-corrected chi connectivity index (χ3v) is 15.8. The number of hydrogen-bond donors (Lipinski definition) is 4. The summed E-state index contributed by atoms with van der Waals surface area (Å²) in [5.41, 5.74) is 2.12. The standard InChI is InChI=1S/2C26H25ClFN5O6S/c2*1-29-24(34)17(13-38-2)12-33-14-31-21-6-4-15(8-19(21)26(33)35)16-9-22(25(39-3)30-11-16)32-40(36,37)23-7-5-18(28)10-20(23)27/h2*4-11,14,17,32H,12-13H2,1-3H3,(H,29,34)/t2*17-/m10/s1. The van der Waals surface area contributed by atoms with Gasteiger partial charge in [-0.1, -0.05) is 35.3 Å². The predicted molar refractivity (Wildman–Crippen MR) is 295 cm³/mol. The smallest absolute Gasteiger partial charge is 0.263 e. The number of sulfonamides is 2. The summed E-state index contributed by atoms with van der Waals surface area (Å²) in [5.74, 6) is -3.16. The van der Waals surface area contributed by atoms with Crippen molar-refractivity contribution in [3.63, 3.8) is 0 Å². The summed E-state index contributed by atoms with van der Waals surface area (Å²) in [4.78, 5) is 67.5. The first kappa shape index (κ1) is 59.5. The van der Waals surface area contributed by atoms with E-state index in [0.717, 1.165) is 36.4 Å². The molecular weight excluding hydrogens is 1130 g/mol. The number of aromatic nitrogens is 6. The van der Waals surface area contributed by atoms with Gasteiger partial charge in [-0.3, -0.25) is 37.8 Å². The SMILES string of the molecule is CNC(=O)[C@@H](COC)Cn1cnc2ccc(-c3cnc(OC)c(NS(=O)(=O)c4ccc(F)cc4Cl)c3)cc2c1=O.CNC(=O)[C@H](COC)Cn1cnc2ccc(-c3cnc(OC)c(NS(=O)(=O)c4ccc(F)cc4Cl)c3)cc2c1=O. The number of carbonyl (C=O) groups excluding carboxylic acids is 2. The van der Waals surface area contributed by atoms with Gasteiger partial charge in [0.2, 0.25) is 23.6 Å². The molecule has 4 N–H and O–H groups in total. The number of nitrogens with one attached hydrogen (secondary N) is 4.